The fourth-order valence-electron chi connectivity index (χ4n) is 0.532. The number of halogens is 1. The molecule has 1 atom stereocenters. The molecule has 0 aromatic heterocycles. The zero-order valence-electron chi connectivity index (χ0n) is 6.93. The summed E-state index contributed by atoms with van der Waals surface area (Å²) in [5.74, 6) is 0. The summed E-state index contributed by atoms with van der Waals surface area (Å²) >= 11 is 0. The highest BCUT2D eigenvalue weighted by Crippen LogP contribution is 1.96. The standard InChI is InChI=1S/C8H14FNO/c1-7(10)5-3-4-6-11-8(2)9/h4,6,8,10H,3,5H2,1-2H3. The normalized spacial score (nSPS) is 13.4. The van der Waals surface area contributed by atoms with Gasteiger partial charge in [-0.2, -0.15) is 0 Å². The Morgan fingerprint density at radius 1 is 1.73 bits per heavy atom. The van der Waals surface area contributed by atoms with Crippen LogP contribution in [-0.2, 0) is 4.74 Å². The van der Waals surface area contributed by atoms with Crippen LogP contribution in [0.3, 0.4) is 0 Å². The van der Waals surface area contributed by atoms with Crippen LogP contribution in [0.25, 0.3) is 0 Å². The number of allylic oxidation sites excluding steroid dienone is 1. The van der Waals surface area contributed by atoms with E-state index >= 15 is 0 Å². The van der Waals surface area contributed by atoms with Crippen molar-refractivity contribution in [3.8, 4) is 0 Å². The van der Waals surface area contributed by atoms with E-state index in [9.17, 15) is 4.39 Å². The van der Waals surface area contributed by atoms with Crippen molar-refractivity contribution in [3.05, 3.63) is 12.3 Å². The second-order valence-corrected chi connectivity index (χ2v) is 2.37. The Kier molecular flexibility index (Phi) is 5.43. The van der Waals surface area contributed by atoms with Crippen molar-refractivity contribution in [1.82, 2.24) is 0 Å². The Labute approximate surface area is 66.6 Å². The lowest BCUT2D eigenvalue weighted by Crippen LogP contribution is -1.92. The van der Waals surface area contributed by atoms with E-state index < -0.39 is 6.36 Å². The smallest absolute Gasteiger partial charge is 0.234 e. The predicted octanol–water partition coefficient (Wildman–Crippen LogP) is 2.65. The van der Waals surface area contributed by atoms with Gasteiger partial charge in [-0.25, -0.2) is 4.39 Å². The Hall–Kier alpha value is -0.860. The van der Waals surface area contributed by atoms with Gasteiger partial charge in [0.05, 0.1) is 6.26 Å². The topological polar surface area (TPSA) is 33.1 Å². The van der Waals surface area contributed by atoms with Crippen molar-refractivity contribution in [1.29, 1.82) is 5.41 Å². The van der Waals surface area contributed by atoms with Gasteiger partial charge in [0.2, 0.25) is 6.36 Å². The average Bonchev–Trinajstić information content (AvgIpc) is 1.85. The highest BCUT2D eigenvalue weighted by Gasteiger charge is 1.90. The molecule has 0 aliphatic carbocycles. The third-order valence-corrected chi connectivity index (χ3v) is 1.05. The minimum atomic E-state index is -1.24. The first kappa shape index (κ1) is 10.1. The first-order valence-electron chi connectivity index (χ1n) is 3.61. The van der Waals surface area contributed by atoms with Crippen LogP contribution in [0.4, 0.5) is 4.39 Å². The van der Waals surface area contributed by atoms with Crippen molar-refractivity contribution in [2.45, 2.75) is 33.0 Å². The molecule has 0 bridgehead atoms. The Morgan fingerprint density at radius 3 is 2.82 bits per heavy atom. The van der Waals surface area contributed by atoms with Crippen LogP contribution in [0.5, 0.6) is 0 Å². The molecule has 0 saturated carbocycles. The van der Waals surface area contributed by atoms with Gasteiger partial charge in [0, 0.05) is 12.6 Å². The Morgan fingerprint density at radius 2 is 2.36 bits per heavy atom. The van der Waals surface area contributed by atoms with E-state index in [0.29, 0.717) is 12.1 Å². The van der Waals surface area contributed by atoms with Gasteiger partial charge in [0.15, 0.2) is 0 Å². The fraction of sp³-hybridized carbons (Fsp3) is 0.625. The second-order valence-electron chi connectivity index (χ2n) is 2.37. The van der Waals surface area contributed by atoms with Gasteiger partial charge in [0.25, 0.3) is 0 Å². The second kappa shape index (κ2) is 5.89. The highest BCUT2D eigenvalue weighted by molar-refractivity contribution is 5.78. The van der Waals surface area contributed by atoms with Gasteiger partial charge < -0.3 is 10.1 Å². The molecule has 0 saturated heterocycles. The first-order valence-corrected chi connectivity index (χ1v) is 3.61. The van der Waals surface area contributed by atoms with Crippen LogP contribution in [0.1, 0.15) is 26.7 Å². The molecule has 0 rings (SSSR count). The molecule has 0 radical (unpaired) electrons. The number of ether oxygens (including phenoxy) is 1. The Bertz CT molecular complexity index is 143. The molecule has 0 fully saturated rings. The summed E-state index contributed by atoms with van der Waals surface area (Å²) in [6, 6.07) is 0. The van der Waals surface area contributed by atoms with Gasteiger partial charge in [0.1, 0.15) is 0 Å². The number of nitrogens with one attached hydrogen (secondary N) is 1. The minimum absolute atomic E-state index is 0.628. The largest absolute Gasteiger partial charge is 0.469 e. The monoisotopic (exact) mass is 159 g/mol. The molecule has 64 valence electrons. The molecule has 0 aliphatic rings. The fourth-order valence-corrected chi connectivity index (χ4v) is 0.532. The summed E-state index contributed by atoms with van der Waals surface area (Å²) < 4.78 is 16.5. The summed E-state index contributed by atoms with van der Waals surface area (Å²) in [6.45, 7) is 3.07. The van der Waals surface area contributed by atoms with Crippen molar-refractivity contribution in [2.24, 2.45) is 0 Å². The van der Waals surface area contributed by atoms with E-state index in [1.807, 2.05) is 0 Å². The molecule has 2 nitrogen and oxygen atoms in total. The zero-order chi connectivity index (χ0) is 8.69. The van der Waals surface area contributed by atoms with Crippen molar-refractivity contribution >= 4 is 5.71 Å². The molecule has 0 aliphatic heterocycles. The van der Waals surface area contributed by atoms with Crippen LogP contribution in [0.2, 0.25) is 0 Å². The van der Waals surface area contributed by atoms with Gasteiger partial charge in [-0.15, -0.1) is 0 Å². The van der Waals surface area contributed by atoms with Crippen LogP contribution in [0.15, 0.2) is 12.3 Å². The maximum Gasteiger partial charge on any atom is 0.234 e. The van der Waals surface area contributed by atoms with Gasteiger partial charge in [-0.1, -0.05) is 0 Å². The summed E-state index contributed by atoms with van der Waals surface area (Å²) in [5.41, 5.74) is 0.628. The molecule has 0 spiro atoms. The van der Waals surface area contributed by atoms with E-state index in [2.05, 4.69) is 4.74 Å². The van der Waals surface area contributed by atoms with E-state index in [4.69, 9.17) is 5.41 Å². The van der Waals surface area contributed by atoms with Crippen LogP contribution in [-0.4, -0.2) is 12.1 Å². The molecule has 11 heavy (non-hydrogen) atoms. The molecule has 0 aromatic rings. The van der Waals surface area contributed by atoms with E-state index in [1.54, 1.807) is 13.0 Å². The molecular weight excluding hydrogens is 145 g/mol. The SMILES string of the molecule is CC(=N)CCC=COC(C)F. The zero-order valence-corrected chi connectivity index (χ0v) is 6.93. The van der Waals surface area contributed by atoms with E-state index in [1.165, 1.54) is 13.2 Å². The van der Waals surface area contributed by atoms with E-state index in [0.717, 1.165) is 6.42 Å². The third-order valence-electron chi connectivity index (χ3n) is 1.05. The molecule has 3 heteroatoms. The molecule has 0 heterocycles. The van der Waals surface area contributed by atoms with Crippen LogP contribution in [0, 0.1) is 5.41 Å². The van der Waals surface area contributed by atoms with Crippen LogP contribution < -0.4 is 0 Å². The van der Waals surface area contributed by atoms with Gasteiger partial charge >= 0.3 is 0 Å². The quantitative estimate of drug-likeness (QED) is 0.485. The van der Waals surface area contributed by atoms with Crippen molar-refractivity contribution in [2.75, 3.05) is 0 Å². The maximum absolute atomic E-state index is 12.0. The first-order chi connectivity index (χ1) is 5.13. The van der Waals surface area contributed by atoms with Crippen molar-refractivity contribution in [3.63, 3.8) is 0 Å². The molecular formula is C8H14FNO. The van der Waals surface area contributed by atoms with Crippen LogP contribution >= 0.6 is 0 Å². The lowest BCUT2D eigenvalue weighted by atomic mass is 10.2. The third kappa shape index (κ3) is 9.14. The van der Waals surface area contributed by atoms with Gasteiger partial charge in [-0.3, -0.25) is 0 Å². The lowest BCUT2D eigenvalue weighted by molar-refractivity contribution is 0.0415. The number of alkyl halides is 1. The summed E-state index contributed by atoms with van der Waals surface area (Å²) in [4.78, 5) is 0. The molecule has 1 unspecified atom stereocenters. The molecule has 0 amide bonds. The summed E-state index contributed by atoms with van der Waals surface area (Å²) in [6.07, 6.45) is 3.26. The summed E-state index contributed by atoms with van der Waals surface area (Å²) in [7, 11) is 0. The van der Waals surface area contributed by atoms with Gasteiger partial charge in [-0.05, 0) is 25.8 Å². The molecule has 1 N–H and O–H groups in total. The number of hydrogen-bond acceptors (Lipinski definition) is 2. The maximum atomic E-state index is 12.0. The lowest BCUT2D eigenvalue weighted by Gasteiger charge is -1.98. The van der Waals surface area contributed by atoms with Crippen molar-refractivity contribution < 1.29 is 9.13 Å². The summed E-state index contributed by atoms with van der Waals surface area (Å²) in [5, 5.41) is 7.07. The van der Waals surface area contributed by atoms with E-state index in [-0.39, 0.29) is 0 Å². The minimum Gasteiger partial charge on any atom is -0.469 e. The Balaban J connectivity index is 3.23. The molecule has 0 aromatic carbocycles. The highest BCUT2D eigenvalue weighted by atomic mass is 19.1. The number of hydrogen-bond donors (Lipinski definition) is 1. The average molecular weight is 159 g/mol. The predicted molar refractivity (Wildman–Crippen MR) is 43.4 cm³/mol. The number of rotatable bonds is 5.